The number of hydrogen-bond donors (Lipinski definition) is 1. The van der Waals surface area contributed by atoms with Gasteiger partial charge in [-0.05, 0) is 50.6 Å². The van der Waals surface area contributed by atoms with E-state index in [1.54, 1.807) is 0 Å². The summed E-state index contributed by atoms with van der Waals surface area (Å²) in [6, 6.07) is 0. The van der Waals surface area contributed by atoms with E-state index in [-0.39, 0.29) is 0 Å². The molecule has 0 aromatic rings. The molecule has 2 fully saturated rings. The Hall–Kier alpha value is -0.0800. The summed E-state index contributed by atoms with van der Waals surface area (Å²) in [6.07, 6.45) is 9.97. The van der Waals surface area contributed by atoms with E-state index >= 15 is 0 Å². The molecule has 1 aliphatic heterocycles. The molecule has 0 aromatic heterocycles. The van der Waals surface area contributed by atoms with Crippen molar-refractivity contribution >= 4 is 0 Å². The van der Waals surface area contributed by atoms with Crippen LogP contribution in [-0.4, -0.2) is 25.8 Å². The van der Waals surface area contributed by atoms with Crippen molar-refractivity contribution in [3.8, 4) is 0 Å². The van der Waals surface area contributed by atoms with Crippen LogP contribution in [-0.2, 0) is 4.74 Å². The van der Waals surface area contributed by atoms with Gasteiger partial charge < -0.3 is 10.1 Å². The third-order valence-electron chi connectivity index (χ3n) is 4.35. The van der Waals surface area contributed by atoms with Crippen molar-refractivity contribution in [3.63, 3.8) is 0 Å². The Balaban J connectivity index is 1.58. The van der Waals surface area contributed by atoms with Gasteiger partial charge in [0.25, 0.3) is 0 Å². The maximum absolute atomic E-state index is 6.05. The summed E-state index contributed by atoms with van der Waals surface area (Å²) in [5.41, 5.74) is 0. The Bertz CT molecular complexity index is 189. The van der Waals surface area contributed by atoms with E-state index < -0.39 is 0 Å². The molecular weight excluding hydrogens is 198 g/mol. The van der Waals surface area contributed by atoms with E-state index in [2.05, 4.69) is 12.2 Å². The smallest absolute Gasteiger partial charge is 0.0577 e. The lowest BCUT2D eigenvalue weighted by molar-refractivity contribution is 0.00713. The highest BCUT2D eigenvalue weighted by Crippen LogP contribution is 2.28. The molecule has 1 N–H and O–H groups in total. The molecule has 94 valence electrons. The largest absolute Gasteiger partial charge is 0.378 e. The van der Waals surface area contributed by atoms with Crippen molar-refractivity contribution in [2.75, 3.05) is 19.7 Å². The molecule has 1 saturated carbocycles. The van der Waals surface area contributed by atoms with E-state index in [0.717, 1.165) is 18.4 Å². The molecule has 0 radical (unpaired) electrons. The standard InChI is InChI=1S/C14H27NO/c1-2-12-4-3-5-14(10-12)16-9-7-13-6-8-15-11-13/h12-15H,2-11H2,1H3. The molecular formula is C14H27NO. The lowest BCUT2D eigenvalue weighted by Gasteiger charge is -2.28. The quantitative estimate of drug-likeness (QED) is 0.776. The Morgan fingerprint density at radius 2 is 2.12 bits per heavy atom. The maximum atomic E-state index is 6.05. The highest BCUT2D eigenvalue weighted by Gasteiger charge is 2.21. The number of hydrogen-bond acceptors (Lipinski definition) is 2. The molecule has 0 aromatic carbocycles. The fourth-order valence-electron chi connectivity index (χ4n) is 3.13. The van der Waals surface area contributed by atoms with Gasteiger partial charge in [-0.2, -0.15) is 0 Å². The zero-order valence-corrected chi connectivity index (χ0v) is 10.7. The molecule has 2 heteroatoms. The molecule has 0 amide bonds. The second-order valence-corrected chi connectivity index (χ2v) is 5.58. The first-order valence-electron chi connectivity index (χ1n) is 7.20. The van der Waals surface area contributed by atoms with Crippen LogP contribution in [0.1, 0.15) is 51.9 Å². The maximum Gasteiger partial charge on any atom is 0.0577 e. The van der Waals surface area contributed by atoms with Crippen LogP contribution < -0.4 is 5.32 Å². The van der Waals surface area contributed by atoms with Gasteiger partial charge in [-0.1, -0.05) is 26.2 Å². The SMILES string of the molecule is CCC1CCCC(OCCC2CCNC2)C1. The molecule has 1 saturated heterocycles. The monoisotopic (exact) mass is 225 g/mol. The number of nitrogens with one attached hydrogen (secondary N) is 1. The Morgan fingerprint density at radius 1 is 1.19 bits per heavy atom. The number of rotatable bonds is 5. The molecule has 3 unspecified atom stereocenters. The predicted octanol–water partition coefficient (Wildman–Crippen LogP) is 2.97. The van der Waals surface area contributed by atoms with Crippen molar-refractivity contribution in [1.82, 2.24) is 5.32 Å². The lowest BCUT2D eigenvalue weighted by atomic mass is 9.85. The van der Waals surface area contributed by atoms with Gasteiger partial charge in [-0.3, -0.25) is 0 Å². The third kappa shape index (κ3) is 3.74. The predicted molar refractivity (Wildman–Crippen MR) is 67.6 cm³/mol. The lowest BCUT2D eigenvalue weighted by Crippen LogP contribution is -2.23. The van der Waals surface area contributed by atoms with E-state index in [4.69, 9.17) is 4.74 Å². The van der Waals surface area contributed by atoms with Gasteiger partial charge in [0.2, 0.25) is 0 Å². The second-order valence-electron chi connectivity index (χ2n) is 5.58. The fraction of sp³-hybridized carbons (Fsp3) is 1.00. The summed E-state index contributed by atoms with van der Waals surface area (Å²) < 4.78 is 6.05. The van der Waals surface area contributed by atoms with Crippen molar-refractivity contribution in [3.05, 3.63) is 0 Å². The van der Waals surface area contributed by atoms with Crippen LogP contribution in [0.2, 0.25) is 0 Å². The first kappa shape index (κ1) is 12.4. The first-order valence-corrected chi connectivity index (χ1v) is 7.20. The minimum Gasteiger partial charge on any atom is -0.378 e. The van der Waals surface area contributed by atoms with Gasteiger partial charge in [0.05, 0.1) is 6.10 Å². The summed E-state index contributed by atoms with van der Waals surface area (Å²) in [7, 11) is 0. The Kier molecular flexibility index (Phi) is 5.11. The zero-order valence-electron chi connectivity index (χ0n) is 10.7. The van der Waals surface area contributed by atoms with Gasteiger partial charge in [-0.15, -0.1) is 0 Å². The summed E-state index contributed by atoms with van der Waals surface area (Å²) >= 11 is 0. The number of ether oxygens (including phenoxy) is 1. The van der Waals surface area contributed by atoms with Crippen LogP contribution in [0.25, 0.3) is 0 Å². The average Bonchev–Trinajstić information content (AvgIpc) is 2.82. The summed E-state index contributed by atoms with van der Waals surface area (Å²) in [5.74, 6) is 1.82. The molecule has 16 heavy (non-hydrogen) atoms. The van der Waals surface area contributed by atoms with E-state index in [0.29, 0.717) is 6.10 Å². The van der Waals surface area contributed by atoms with Gasteiger partial charge in [-0.25, -0.2) is 0 Å². The van der Waals surface area contributed by atoms with Crippen molar-refractivity contribution in [2.45, 2.75) is 58.0 Å². The topological polar surface area (TPSA) is 21.3 Å². The van der Waals surface area contributed by atoms with Crippen LogP contribution in [0, 0.1) is 11.8 Å². The zero-order chi connectivity index (χ0) is 11.2. The van der Waals surface area contributed by atoms with Gasteiger partial charge in [0.15, 0.2) is 0 Å². The van der Waals surface area contributed by atoms with Crippen LogP contribution in [0.5, 0.6) is 0 Å². The molecule has 0 bridgehead atoms. The Morgan fingerprint density at radius 3 is 2.88 bits per heavy atom. The normalized spacial score (nSPS) is 35.4. The average molecular weight is 225 g/mol. The highest BCUT2D eigenvalue weighted by molar-refractivity contribution is 4.74. The molecule has 2 nitrogen and oxygen atoms in total. The molecule has 1 heterocycles. The highest BCUT2D eigenvalue weighted by atomic mass is 16.5. The van der Waals surface area contributed by atoms with E-state index in [1.807, 2.05) is 0 Å². The van der Waals surface area contributed by atoms with Crippen molar-refractivity contribution in [1.29, 1.82) is 0 Å². The second kappa shape index (κ2) is 6.61. The molecule has 2 rings (SSSR count). The molecule has 3 atom stereocenters. The third-order valence-corrected chi connectivity index (χ3v) is 4.35. The van der Waals surface area contributed by atoms with Gasteiger partial charge >= 0.3 is 0 Å². The van der Waals surface area contributed by atoms with E-state index in [1.165, 1.54) is 58.0 Å². The Labute approximate surface area is 100 Å². The summed E-state index contributed by atoms with van der Waals surface area (Å²) in [4.78, 5) is 0. The molecule has 0 spiro atoms. The molecule has 2 aliphatic rings. The van der Waals surface area contributed by atoms with Crippen molar-refractivity contribution < 1.29 is 4.74 Å². The minimum absolute atomic E-state index is 0.577. The van der Waals surface area contributed by atoms with Crippen LogP contribution >= 0.6 is 0 Å². The van der Waals surface area contributed by atoms with Crippen molar-refractivity contribution in [2.24, 2.45) is 11.8 Å². The van der Waals surface area contributed by atoms with Crippen LogP contribution in [0.15, 0.2) is 0 Å². The molecule has 1 aliphatic carbocycles. The van der Waals surface area contributed by atoms with E-state index in [9.17, 15) is 0 Å². The fourth-order valence-corrected chi connectivity index (χ4v) is 3.13. The van der Waals surface area contributed by atoms with Crippen LogP contribution in [0.3, 0.4) is 0 Å². The van der Waals surface area contributed by atoms with Gasteiger partial charge in [0, 0.05) is 6.61 Å². The first-order chi connectivity index (χ1) is 7.88. The minimum atomic E-state index is 0.577. The summed E-state index contributed by atoms with van der Waals surface area (Å²) in [5, 5.41) is 3.42. The van der Waals surface area contributed by atoms with Gasteiger partial charge in [0.1, 0.15) is 0 Å². The summed E-state index contributed by atoms with van der Waals surface area (Å²) in [6.45, 7) is 5.74. The van der Waals surface area contributed by atoms with Crippen LogP contribution in [0.4, 0.5) is 0 Å².